The number of hydrogen-bond donors (Lipinski definition) is 4. The minimum absolute atomic E-state index is 0.115. The fraction of sp³-hybridized carbons (Fsp3) is 0.767. The molecule has 3 rings (SSSR count). The largest absolute Gasteiger partial charge is 0.457 e. The van der Waals surface area contributed by atoms with E-state index in [1.54, 1.807) is 33.8 Å². The first-order valence-electron chi connectivity index (χ1n) is 14.5. The second-order valence-corrected chi connectivity index (χ2v) is 12.0. The average molecular weight is 583 g/mol. The third-order valence-electron chi connectivity index (χ3n) is 8.87. The van der Waals surface area contributed by atoms with E-state index in [2.05, 4.69) is 6.92 Å². The first-order valence-corrected chi connectivity index (χ1v) is 14.5. The summed E-state index contributed by atoms with van der Waals surface area (Å²) in [6, 6.07) is 0. The van der Waals surface area contributed by atoms with Gasteiger partial charge in [0.05, 0.1) is 17.6 Å². The van der Waals surface area contributed by atoms with Gasteiger partial charge in [-0.15, -0.1) is 0 Å². The average Bonchev–Trinajstić information content (AvgIpc) is 3.22. The van der Waals surface area contributed by atoms with E-state index in [9.17, 15) is 34.8 Å². The molecule has 41 heavy (non-hydrogen) atoms. The van der Waals surface area contributed by atoms with E-state index in [0.29, 0.717) is 17.6 Å². The van der Waals surface area contributed by atoms with Crippen LogP contribution in [0.25, 0.3) is 0 Å². The van der Waals surface area contributed by atoms with Crippen LogP contribution in [-0.4, -0.2) is 85.8 Å². The fourth-order valence-corrected chi connectivity index (χ4v) is 6.46. The molecular weight excluding hydrogens is 536 g/mol. The van der Waals surface area contributed by atoms with Crippen molar-refractivity contribution < 1.29 is 53.8 Å². The predicted octanol–water partition coefficient (Wildman–Crippen LogP) is 2.37. The van der Waals surface area contributed by atoms with Crippen molar-refractivity contribution in [3.05, 3.63) is 22.8 Å². The Morgan fingerprint density at radius 1 is 1.15 bits per heavy atom. The molecule has 1 heterocycles. The van der Waals surface area contributed by atoms with Gasteiger partial charge in [-0.2, -0.15) is 0 Å². The first kappa shape index (κ1) is 33.2. The Morgan fingerprint density at radius 3 is 2.37 bits per heavy atom. The van der Waals surface area contributed by atoms with Gasteiger partial charge >= 0.3 is 17.9 Å². The quantitative estimate of drug-likeness (QED) is 0.0704. The zero-order valence-electron chi connectivity index (χ0n) is 25.1. The molecule has 1 saturated carbocycles. The van der Waals surface area contributed by atoms with Crippen molar-refractivity contribution in [3.8, 4) is 0 Å². The summed E-state index contributed by atoms with van der Waals surface area (Å²) in [5.74, 6) is -3.40. The monoisotopic (exact) mass is 582 g/mol. The lowest BCUT2D eigenvalue weighted by Crippen LogP contribution is -2.63. The molecular formula is C30H46O11. The molecule has 2 fully saturated rings. The maximum absolute atomic E-state index is 13.2. The van der Waals surface area contributed by atoms with E-state index in [-0.39, 0.29) is 12.0 Å². The van der Waals surface area contributed by atoms with E-state index >= 15 is 0 Å². The number of hydrogen-bond acceptors (Lipinski definition) is 11. The molecule has 0 amide bonds. The summed E-state index contributed by atoms with van der Waals surface area (Å²) in [7, 11) is 0. The van der Waals surface area contributed by atoms with Gasteiger partial charge in [-0.25, -0.2) is 9.59 Å². The molecule has 11 heteroatoms. The van der Waals surface area contributed by atoms with Crippen LogP contribution >= 0.6 is 0 Å². The number of aliphatic hydroxyl groups excluding tert-OH is 2. The molecule has 0 aromatic carbocycles. The Hall–Kier alpha value is -2.31. The Labute approximate surface area is 241 Å². The predicted molar refractivity (Wildman–Crippen MR) is 146 cm³/mol. The number of ether oxygens (including phenoxy) is 4. The van der Waals surface area contributed by atoms with Gasteiger partial charge in [-0.3, -0.25) is 4.79 Å². The molecule has 9 atom stereocenters. The van der Waals surface area contributed by atoms with Crippen LogP contribution in [0.15, 0.2) is 22.8 Å². The highest BCUT2D eigenvalue weighted by Crippen LogP contribution is 2.57. The molecule has 1 aliphatic heterocycles. The second kappa shape index (κ2) is 12.5. The van der Waals surface area contributed by atoms with Gasteiger partial charge in [0.1, 0.15) is 0 Å². The number of rotatable bonds is 11. The van der Waals surface area contributed by atoms with E-state index < -0.39 is 77.8 Å². The third kappa shape index (κ3) is 5.97. The Bertz CT molecular complexity index is 1080. The summed E-state index contributed by atoms with van der Waals surface area (Å²) in [5.41, 5.74) is -5.75. The molecule has 0 bridgehead atoms. The number of carbonyl (C=O) groups excluding carboxylic acids is 3. The number of unbranched alkanes of at least 4 members (excludes halogenated alkanes) is 4. The lowest BCUT2D eigenvalue weighted by atomic mass is 9.75. The molecule has 0 radical (unpaired) electrons. The lowest BCUT2D eigenvalue weighted by Gasteiger charge is -2.41. The second-order valence-electron chi connectivity index (χ2n) is 12.0. The van der Waals surface area contributed by atoms with Gasteiger partial charge in [0.15, 0.2) is 35.8 Å². The molecule has 0 aromatic heterocycles. The first-order chi connectivity index (χ1) is 19.1. The van der Waals surface area contributed by atoms with Gasteiger partial charge in [0.2, 0.25) is 0 Å². The maximum atomic E-state index is 13.2. The van der Waals surface area contributed by atoms with Crippen LogP contribution in [0.5, 0.6) is 0 Å². The normalized spacial score (nSPS) is 37.7. The minimum Gasteiger partial charge on any atom is -0.457 e. The summed E-state index contributed by atoms with van der Waals surface area (Å²) >= 11 is 0. The molecule has 0 unspecified atom stereocenters. The highest BCUT2D eigenvalue weighted by molar-refractivity contribution is 5.88. The van der Waals surface area contributed by atoms with Crippen molar-refractivity contribution in [2.75, 3.05) is 0 Å². The number of carbonyl (C=O) groups is 3. The molecule has 232 valence electrons. The third-order valence-corrected chi connectivity index (χ3v) is 8.87. The van der Waals surface area contributed by atoms with Gasteiger partial charge in [-0.05, 0) is 59.1 Å². The summed E-state index contributed by atoms with van der Waals surface area (Å²) in [6.07, 6.45) is -1.24. The molecule has 0 spiro atoms. The van der Waals surface area contributed by atoms with Gasteiger partial charge in [0.25, 0.3) is 0 Å². The summed E-state index contributed by atoms with van der Waals surface area (Å²) in [6.45, 7) is 10.9. The topological polar surface area (TPSA) is 169 Å². The summed E-state index contributed by atoms with van der Waals surface area (Å²) < 4.78 is 23.3. The van der Waals surface area contributed by atoms with Crippen molar-refractivity contribution in [1.82, 2.24) is 0 Å². The van der Waals surface area contributed by atoms with Crippen molar-refractivity contribution in [3.63, 3.8) is 0 Å². The van der Waals surface area contributed by atoms with E-state index in [4.69, 9.17) is 18.9 Å². The van der Waals surface area contributed by atoms with Crippen LogP contribution in [0, 0.1) is 5.92 Å². The van der Waals surface area contributed by atoms with Crippen LogP contribution in [0.2, 0.25) is 0 Å². The molecule has 3 aliphatic rings. The van der Waals surface area contributed by atoms with Crippen molar-refractivity contribution in [1.29, 1.82) is 0 Å². The van der Waals surface area contributed by atoms with Crippen molar-refractivity contribution in [2.45, 2.75) is 141 Å². The zero-order chi connectivity index (χ0) is 30.9. The van der Waals surface area contributed by atoms with E-state index in [1.165, 1.54) is 6.92 Å². The summed E-state index contributed by atoms with van der Waals surface area (Å²) in [4.78, 5) is 38.9. The van der Waals surface area contributed by atoms with Crippen LogP contribution in [0.1, 0.15) is 93.4 Å². The SMILES string of the molecule is C/C=C(\C)C(=O)O[C@H]1C(C)=C2[C@H]([C@@H]1OC(=O)CCCCCCC)[C@@](C)(O[C@H](C)O)C[C@H](O)[C@@]1(O)[C@H]2OC(=O)[C@@]1(C)O. The van der Waals surface area contributed by atoms with Crippen LogP contribution < -0.4 is 0 Å². The number of fused-ring (bicyclic) bond motifs is 3. The van der Waals surface area contributed by atoms with Crippen LogP contribution in [0.4, 0.5) is 0 Å². The lowest BCUT2D eigenvalue weighted by molar-refractivity contribution is -0.227. The standard InChI is InChI=1S/C30H46O11/c1-8-10-11-12-13-14-20(33)38-24-22-21(17(4)23(24)39-26(34)16(3)9-2)25-30(37,29(7,36)27(35)40-25)19(32)15-28(22,6)41-18(5)31/h9,18-19,22-25,31-32,36-37H,8,10-15H2,1-7H3/b16-9+/t18-,19+,22-,23+,24+,25+,28+,29-,30-/m1/s1. The van der Waals surface area contributed by atoms with Gasteiger partial charge < -0.3 is 39.4 Å². The smallest absolute Gasteiger partial charge is 0.341 e. The van der Waals surface area contributed by atoms with E-state index in [0.717, 1.165) is 32.6 Å². The Kier molecular flexibility index (Phi) is 10.1. The molecule has 0 aromatic rings. The molecule has 2 aliphatic carbocycles. The van der Waals surface area contributed by atoms with Crippen molar-refractivity contribution >= 4 is 17.9 Å². The van der Waals surface area contributed by atoms with Crippen LogP contribution in [-0.2, 0) is 33.3 Å². The van der Waals surface area contributed by atoms with Gasteiger partial charge in [0, 0.05) is 18.4 Å². The highest BCUT2D eigenvalue weighted by Gasteiger charge is 2.74. The highest BCUT2D eigenvalue weighted by atomic mass is 16.6. The molecule has 1 saturated heterocycles. The fourth-order valence-electron chi connectivity index (χ4n) is 6.46. The van der Waals surface area contributed by atoms with Crippen molar-refractivity contribution in [2.24, 2.45) is 5.92 Å². The van der Waals surface area contributed by atoms with Crippen LogP contribution in [0.3, 0.4) is 0 Å². The van der Waals surface area contributed by atoms with E-state index in [1.807, 2.05) is 0 Å². The summed E-state index contributed by atoms with van der Waals surface area (Å²) in [5, 5.41) is 44.5. The number of allylic oxidation sites excluding steroid dienone is 1. The molecule has 11 nitrogen and oxygen atoms in total. The maximum Gasteiger partial charge on any atom is 0.341 e. The number of esters is 3. The number of aliphatic hydroxyl groups is 4. The minimum atomic E-state index is -2.52. The van der Waals surface area contributed by atoms with Gasteiger partial charge in [-0.1, -0.05) is 38.7 Å². The molecule has 4 N–H and O–H groups in total. The Morgan fingerprint density at radius 2 is 1.78 bits per heavy atom. The zero-order valence-corrected chi connectivity index (χ0v) is 25.1. The Balaban J connectivity index is 2.14.